The van der Waals surface area contributed by atoms with Crippen LogP contribution in [-0.2, 0) is 9.53 Å². The van der Waals surface area contributed by atoms with Crippen molar-refractivity contribution in [3.05, 3.63) is 48.3 Å². The number of aromatic nitrogens is 2. The molecule has 5 heteroatoms. The predicted octanol–water partition coefficient (Wildman–Crippen LogP) is 2.98. The third-order valence-corrected chi connectivity index (χ3v) is 4.08. The van der Waals surface area contributed by atoms with E-state index in [4.69, 9.17) is 4.74 Å². The minimum atomic E-state index is -0.139. The molecule has 0 unspecified atom stereocenters. The van der Waals surface area contributed by atoms with E-state index in [-0.39, 0.29) is 17.9 Å². The molecule has 1 fully saturated rings. The Kier molecular flexibility index (Phi) is 4.53. The van der Waals surface area contributed by atoms with Crippen LogP contribution in [0, 0.1) is 0 Å². The molecule has 2 aromatic rings. The summed E-state index contributed by atoms with van der Waals surface area (Å²) in [4.78, 5) is 12.5. The van der Waals surface area contributed by atoms with Crippen LogP contribution in [0.1, 0.15) is 37.3 Å². The number of hydrogen-bond acceptors (Lipinski definition) is 3. The van der Waals surface area contributed by atoms with Crippen LogP contribution in [0.15, 0.2) is 42.7 Å². The highest BCUT2D eigenvalue weighted by molar-refractivity contribution is 5.95. The Morgan fingerprint density at radius 3 is 2.95 bits per heavy atom. The number of carbonyl (C=O) groups excluding carboxylic acids is 1. The molecule has 1 saturated heterocycles. The molecule has 0 bridgehead atoms. The van der Waals surface area contributed by atoms with Gasteiger partial charge in [-0.2, -0.15) is 5.10 Å². The fourth-order valence-electron chi connectivity index (χ4n) is 2.82. The van der Waals surface area contributed by atoms with Crippen LogP contribution in [0.5, 0.6) is 0 Å². The number of hydrogen-bond donors (Lipinski definition) is 1. The highest BCUT2D eigenvalue weighted by Crippen LogP contribution is 2.23. The van der Waals surface area contributed by atoms with E-state index in [9.17, 15) is 4.79 Å². The second-order valence-corrected chi connectivity index (χ2v) is 5.59. The van der Waals surface area contributed by atoms with Crippen molar-refractivity contribution in [1.29, 1.82) is 0 Å². The molecular formula is C17H21N3O2. The van der Waals surface area contributed by atoms with E-state index in [1.807, 2.05) is 48.1 Å². The lowest BCUT2D eigenvalue weighted by atomic mass is 9.96. The number of amides is 1. The SMILES string of the molecule is CC[C@H](C(=O)Nc1cnn([C@@H]2CCOC2)c1)c1ccccc1. The van der Waals surface area contributed by atoms with Crippen LogP contribution >= 0.6 is 0 Å². The Bertz CT molecular complexity index is 618. The smallest absolute Gasteiger partial charge is 0.231 e. The van der Waals surface area contributed by atoms with Gasteiger partial charge in [0, 0.05) is 12.8 Å². The van der Waals surface area contributed by atoms with Gasteiger partial charge >= 0.3 is 0 Å². The Balaban J connectivity index is 1.68. The molecule has 2 atom stereocenters. The molecule has 116 valence electrons. The van der Waals surface area contributed by atoms with Gasteiger partial charge in [-0.1, -0.05) is 37.3 Å². The van der Waals surface area contributed by atoms with Crippen LogP contribution in [0.3, 0.4) is 0 Å². The first-order valence-electron chi connectivity index (χ1n) is 7.75. The molecule has 0 radical (unpaired) electrons. The summed E-state index contributed by atoms with van der Waals surface area (Å²) in [6.45, 7) is 3.49. The van der Waals surface area contributed by atoms with Crippen molar-refractivity contribution in [2.24, 2.45) is 0 Å². The van der Waals surface area contributed by atoms with Crippen molar-refractivity contribution in [3.8, 4) is 0 Å². The third-order valence-electron chi connectivity index (χ3n) is 4.08. The molecule has 1 aliphatic rings. The van der Waals surface area contributed by atoms with Gasteiger partial charge in [0.15, 0.2) is 0 Å². The van der Waals surface area contributed by atoms with Gasteiger partial charge in [-0.3, -0.25) is 9.48 Å². The molecule has 1 aromatic heterocycles. The molecule has 0 spiro atoms. The summed E-state index contributed by atoms with van der Waals surface area (Å²) in [5, 5.41) is 7.30. The Morgan fingerprint density at radius 2 is 2.27 bits per heavy atom. The van der Waals surface area contributed by atoms with Gasteiger partial charge in [0.25, 0.3) is 0 Å². The van der Waals surface area contributed by atoms with Crippen LogP contribution in [0.25, 0.3) is 0 Å². The van der Waals surface area contributed by atoms with Crippen molar-refractivity contribution >= 4 is 11.6 Å². The summed E-state index contributed by atoms with van der Waals surface area (Å²) in [5.41, 5.74) is 1.78. The van der Waals surface area contributed by atoms with Crippen LogP contribution in [0.4, 0.5) is 5.69 Å². The van der Waals surface area contributed by atoms with Crippen molar-refractivity contribution in [2.45, 2.75) is 31.7 Å². The van der Waals surface area contributed by atoms with E-state index in [2.05, 4.69) is 10.4 Å². The van der Waals surface area contributed by atoms with Gasteiger partial charge in [0.1, 0.15) is 0 Å². The van der Waals surface area contributed by atoms with Gasteiger partial charge < -0.3 is 10.1 Å². The average molecular weight is 299 g/mol. The van der Waals surface area contributed by atoms with Crippen molar-refractivity contribution in [2.75, 3.05) is 18.5 Å². The fourth-order valence-corrected chi connectivity index (χ4v) is 2.82. The summed E-state index contributed by atoms with van der Waals surface area (Å²) in [6.07, 6.45) is 5.32. The lowest BCUT2D eigenvalue weighted by molar-refractivity contribution is -0.117. The maximum atomic E-state index is 12.5. The largest absolute Gasteiger partial charge is 0.379 e. The first kappa shape index (κ1) is 14.8. The van der Waals surface area contributed by atoms with Crippen LogP contribution in [0.2, 0.25) is 0 Å². The minimum absolute atomic E-state index is 0.0101. The zero-order valence-electron chi connectivity index (χ0n) is 12.7. The molecular weight excluding hydrogens is 278 g/mol. The van der Waals surface area contributed by atoms with Crippen molar-refractivity contribution in [1.82, 2.24) is 9.78 Å². The Morgan fingerprint density at radius 1 is 1.45 bits per heavy atom. The summed E-state index contributed by atoms with van der Waals surface area (Å²) < 4.78 is 7.25. The number of carbonyl (C=O) groups is 1. The Hall–Kier alpha value is -2.14. The standard InChI is InChI=1S/C17H21N3O2/c1-2-16(13-6-4-3-5-7-13)17(21)19-14-10-18-20(11-14)15-8-9-22-12-15/h3-7,10-11,15-16H,2,8-9,12H2,1H3,(H,19,21)/t15-,16+/m1/s1. The number of anilines is 1. The number of nitrogens with zero attached hydrogens (tertiary/aromatic N) is 2. The van der Waals surface area contributed by atoms with Gasteiger partial charge in [-0.25, -0.2) is 0 Å². The average Bonchev–Trinajstić information content (AvgIpc) is 3.20. The third kappa shape index (κ3) is 3.20. The summed E-state index contributed by atoms with van der Waals surface area (Å²) in [5.74, 6) is -0.129. The van der Waals surface area contributed by atoms with E-state index in [1.165, 1.54) is 0 Å². The quantitative estimate of drug-likeness (QED) is 0.923. The van der Waals surface area contributed by atoms with Crippen molar-refractivity contribution in [3.63, 3.8) is 0 Å². The van der Waals surface area contributed by atoms with E-state index in [1.54, 1.807) is 6.20 Å². The monoisotopic (exact) mass is 299 g/mol. The molecule has 5 nitrogen and oxygen atoms in total. The van der Waals surface area contributed by atoms with Gasteiger partial charge in [0.2, 0.25) is 5.91 Å². The van der Waals surface area contributed by atoms with Gasteiger partial charge in [-0.15, -0.1) is 0 Å². The maximum Gasteiger partial charge on any atom is 0.231 e. The van der Waals surface area contributed by atoms with E-state index in [0.29, 0.717) is 6.61 Å². The molecule has 22 heavy (non-hydrogen) atoms. The number of ether oxygens (including phenoxy) is 1. The molecule has 1 aliphatic heterocycles. The van der Waals surface area contributed by atoms with E-state index in [0.717, 1.165) is 30.7 Å². The van der Waals surface area contributed by atoms with Crippen LogP contribution in [-0.4, -0.2) is 28.9 Å². The first-order valence-corrected chi connectivity index (χ1v) is 7.75. The van der Waals surface area contributed by atoms with Gasteiger partial charge in [0.05, 0.1) is 30.5 Å². The molecule has 3 rings (SSSR count). The molecule has 0 aliphatic carbocycles. The Labute approximate surface area is 130 Å². The predicted molar refractivity (Wildman–Crippen MR) is 84.8 cm³/mol. The number of benzene rings is 1. The second-order valence-electron chi connectivity index (χ2n) is 5.59. The molecule has 0 saturated carbocycles. The van der Waals surface area contributed by atoms with E-state index < -0.39 is 0 Å². The normalized spacial score (nSPS) is 19.0. The minimum Gasteiger partial charge on any atom is -0.379 e. The summed E-state index contributed by atoms with van der Waals surface area (Å²) in [6, 6.07) is 10.1. The molecule has 1 aromatic carbocycles. The summed E-state index contributed by atoms with van der Waals surface area (Å²) in [7, 11) is 0. The topological polar surface area (TPSA) is 56.2 Å². The zero-order valence-corrected chi connectivity index (χ0v) is 12.7. The summed E-state index contributed by atoms with van der Waals surface area (Å²) >= 11 is 0. The van der Waals surface area contributed by atoms with Crippen molar-refractivity contribution < 1.29 is 9.53 Å². The lowest BCUT2D eigenvalue weighted by Crippen LogP contribution is -2.20. The van der Waals surface area contributed by atoms with Crippen LogP contribution < -0.4 is 5.32 Å². The van der Waals surface area contributed by atoms with Gasteiger partial charge in [-0.05, 0) is 18.4 Å². The highest BCUT2D eigenvalue weighted by atomic mass is 16.5. The highest BCUT2D eigenvalue weighted by Gasteiger charge is 2.21. The number of rotatable bonds is 5. The molecule has 2 heterocycles. The number of nitrogens with one attached hydrogen (secondary N) is 1. The lowest BCUT2D eigenvalue weighted by Gasteiger charge is -2.14. The second kappa shape index (κ2) is 6.75. The maximum absolute atomic E-state index is 12.5. The van der Waals surface area contributed by atoms with E-state index >= 15 is 0 Å². The zero-order chi connectivity index (χ0) is 15.4. The molecule has 1 amide bonds. The molecule has 1 N–H and O–H groups in total. The first-order chi connectivity index (χ1) is 10.8. The fraction of sp³-hybridized carbons (Fsp3) is 0.412.